The molecule has 1 aliphatic heterocycles. The van der Waals surface area contributed by atoms with Gasteiger partial charge in [0.2, 0.25) is 0 Å². The summed E-state index contributed by atoms with van der Waals surface area (Å²) in [5.41, 5.74) is 1.62. The zero-order valence-electron chi connectivity index (χ0n) is 20.6. The normalized spacial score (nSPS) is 15.6. The van der Waals surface area contributed by atoms with Gasteiger partial charge in [0, 0.05) is 53.3 Å². The quantitative estimate of drug-likeness (QED) is 0.135. The first-order valence-corrected chi connectivity index (χ1v) is 14.6. The van der Waals surface area contributed by atoms with Gasteiger partial charge in [0.15, 0.2) is 5.11 Å². The van der Waals surface area contributed by atoms with E-state index in [2.05, 4.69) is 5.32 Å². The second-order valence-electron chi connectivity index (χ2n) is 9.15. The SMILES string of the molecule is COC(=O)c1c(NC(=S)N2CCN(C(=O)c3sc4cc([N+](=O)[O-])ccc4c3Cl)CC2)sc2c1CCCCC2. The number of fused-ring (bicyclic) bond motifs is 2. The highest BCUT2D eigenvalue weighted by atomic mass is 35.5. The number of carbonyl (C=O) groups excluding carboxylic acids is 2. The van der Waals surface area contributed by atoms with Crippen molar-refractivity contribution < 1.29 is 19.2 Å². The van der Waals surface area contributed by atoms with Crippen molar-refractivity contribution in [1.29, 1.82) is 0 Å². The standard InChI is InChI=1S/C25H25ClN4O5S3/c1-35-24(32)19-15-5-3-2-4-6-17(15)38-22(19)27-25(36)29-11-9-28(10-12-29)23(31)21-20(26)16-8-7-14(30(33)34)13-18(16)37-21/h7-8,13H,2-6,9-12H2,1H3,(H,27,36). The predicted molar refractivity (Wildman–Crippen MR) is 154 cm³/mol. The summed E-state index contributed by atoms with van der Waals surface area (Å²) in [4.78, 5) is 41.8. The van der Waals surface area contributed by atoms with Crippen LogP contribution in [0.2, 0.25) is 5.02 Å². The average molecular weight is 593 g/mol. The van der Waals surface area contributed by atoms with Gasteiger partial charge in [0.05, 0.1) is 22.6 Å². The highest BCUT2D eigenvalue weighted by Gasteiger charge is 2.30. The second kappa shape index (κ2) is 11.1. The van der Waals surface area contributed by atoms with Gasteiger partial charge in [-0.1, -0.05) is 18.0 Å². The number of benzene rings is 1. The Morgan fingerprint density at radius 3 is 2.53 bits per heavy atom. The summed E-state index contributed by atoms with van der Waals surface area (Å²) in [6.45, 7) is 1.92. The monoisotopic (exact) mass is 592 g/mol. The van der Waals surface area contributed by atoms with E-state index in [0.29, 0.717) is 56.8 Å². The van der Waals surface area contributed by atoms with Crippen LogP contribution >= 0.6 is 46.5 Å². The Labute approximate surface area is 237 Å². The number of piperazine rings is 1. The van der Waals surface area contributed by atoms with Gasteiger partial charge in [-0.05, 0) is 49.5 Å². The van der Waals surface area contributed by atoms with Gasteiger partial charge >= 0.3 is 5.97 Å². The van der Waals surface area contributed by atoms with Crippen molar-refractivity contribution in [3.63, 3.8) is 0 Å². The molecule has 3 heterocycles. The molecule has 5 rings (SSSR count). The maximum absolute atomic E-state index is 13.3. The summed E-state index contributed by atoms with van der Waals surface area (Å²) < 4.78 is 5.69. The van der Waals surface area contributed by atoms with Crippen molar-refractivity contribution in [2.45, 2.75) is 32.1 Å². The number of non-ortho nitro benzene ring substituents is 1. The van der Waals surface area contributed by atoms with Crippen LogP contribution in [0.4, 0.5) is 10.7 Å². The molecule has 1 fully saturated rings. The summed E-state index contributed by atoms with van der Waals surface area (Å²) in [5.74, 6) is -0.553. The highest BCUT2D eigenvalue weighted by Crippen LogP contribution is 2.39. The first-order valence-electron chi connectivity index (χ1n) is 12.2. The number of hydrogen-bond acceptors (Lipinski definition) is 8. The zero-order valence-corrected chi connectivity index (χ0v) is 23.8. The first-order chi connectivity index (χ1) is 18.3. The van der Waals surface area contributed by atoms with Crippen molar-refractivity contribution in [2.24, 2.45) is 0 Å². The van der Waals surface area contributed by atoms with E-state index < -0.39 is 4.92 Å². The van der Waals surface area contributed by atoms with Crippen LogP contribution in [0.1, 0.15) is 49.7 Å². The molecule has 3 aromatic rings. The van der Waals surface area contributed by atoms with Crippen LogP contribution in [0, 0.1) is 10.1 Å². The third-order valence-electron chi connectivity index (χ3n) is 6.90. The number of nitrogens with zero attached hydrogens (tertiary/aromatic N) is 3. The lowest BCUT2D eigenvalue weighted by Crippen LogP contribution is -2.51. The van der Waals surface area contributed by atoms with Gasteiger partial charge in [-0.15, -0.1) is 22.7 Å². The van der Waals surface area contributed by atoms with Crippen molar-refractivity contribution >= 4 is 84.3 Å². The largest absolute Gasteiger partial charge is 0.465 e. The molecule has 0 radical (unpaired) electrons. The van der Waals surface area contributed by atoms with Crippen LogP contribution < -0.4 is 5.32 Å². The summed E-state index contributed by atoms with van der Waals surface area (Å²) in [5, 5.41) is 16.6. The van der Waals surface area contributed by atoms with Gasteiger partial charge in [-0.3, -0.25) is 14.9 Å². The molecule has 0 unspecified atom stereocenters. The maximum atomic E-state index is 13.3. The molecule has 0 bridgehead atoms. The van der Waals surface area contributed by atoms with Gasteiger partial charge in [0.25, 0.3) is 11.6 Å². The molecule has 1 saturated heterocycles. The average Bonchev–Trinajstić information content (AvgIpc) is 3.33. The highest BCUT2D eigenvalue weighted by molar-refractivity contribution is 7.80. The van der Waals surface area contributed by atoms with E-state index in [-0.39, 0.29) is 17.6 Å². The number of aryl methyl sites for hydroxylation is 1. The fraction of sp³-hybridized carbons (Fsp3) is 0.400. The van der Waals surface area contributed by atoms with Crippen LogP contribution in [0.3, 0.4) is 0 Å². The number of hydrogen-bond donors (Lipinski definition) is 1. The van der Waals surface area contributed by atoms with Gasteiger partial charge in [-0.25, -0.2) is 4.79 Å². The topological polar surface area (TPSA) is 105 Å². The minimum absolute atomic E-state index is 0.0402. The Morgan fingerprint density at radius 2 is 1.82 bits per heavy atom. The number of thiocarbonyl (C=S) groups is 1. The molecule has 200 valence electrons. The Morgan fingerprint density at radius 1 is 1.11 bits per heavy atom. The summed E-state index contributed by atoms with van der Waals surface area (Å²) in [6, 6.07) is 4.41. The molecule has 38 heavy (non-hydrogen) atoms. The maximum Gasteiger partial charge on any atom is 0.341 e. The molecule has 0 saturated carbocycles. The molecule has 9 nitrogen and oxygen atoms in total. The van der Waals surface area contributed by atoms with Crippen molar-refractivity contribution in [3.8, 4) is 0 Å². The third kappa shape index (κ3) is 5.09. The van der Waals surface area contributed by atoms with E-state index >= 15 is 0 Å². The number of nitro benzene ring substituents is 1. The number of thiophene rings is 2. The number of methoxy groups -OCH3 is 1. The van der Waals surface area contributed by atoms with E-state index in [4.69, 9.17) is 28.6 Å². The van der Waals surface area contributed by atoms with Gasteiger partial charge < -0.3 is 19.9 Å². The number of nitro groups is 1. The van der Waals surface area contributed by atoms with E-state index in [0.717, 1.165) is 42.7 Å². The Kier molecular flexibility index (Phi) is 7.85. The Bertz CT molecular complexity index is 1440. The van der Waals surface area contributed by atoms with Gasteiger partial charge in [0.1, 0.15) is 9.88 Å². The van der Waals surface area contributed by atoms with Crippen LogP contribution in [0.5, 0.6) is 0 Å². The van der Waals surface area contributed by atoms with Gasteiger partial charge in [-0.2, -0.15) is 0 Å². The molecule has 1 aliphatic carbocycles. The minimum atomic E-state index is -0.467. The van der Waals surface area contributed by atoms with Crippen LogP contribution in [-0.2, 0) is 17.6 Å². The molecule has 2 aromatic heterocycles. The second-order valence-corrected chi connectivity index (χ2v) is 12.1. The molecule has 2 aliphatic rings. The van der Waals surface area contributed by atoms with Crippen molar-refractivity contribution in [3.05, 3.63) is 54.2 Å². The molecule has 1 aromatic carbocycles. The summed E-state index contributed by atoms with van der Waals surface area (Å²) in [7, 11) is 1.39. The predicted octanol–water partition coefficient (Wildman–Crippen LogP) is 5.73. The van der Waals surface area contributed by atoms with E-state index in [1.165, 1.54) is 35.5 Å². The summed E-state index contributed by atoms with van der Waals surface area (Å²) >= 11 is 14.9. The molecular weight excluding hydrogens is 568 g/mol. The number of amides is 1. The lowest BCUT2D eigenvalue weighted by molar-refractivity contribution is -0.384. The van der Waals surface area contributed by atoms with E-state index in [1.54, 1.807) is 22.3 Å². The van der Waals surface area contributed by atoms with Crippen molar-refractivity contribution in [1.82, 2.24) is 9.80 Å². The fourth-order valence-corrected chi connectivity index (χ4v) is 8.02. The van der Waals surface area contributed by atoms with Crippen molar-refractivity contribution in [2.75, 3.05) is 38.6 Å². The number of esters is 1. The molecule has 13 heteroatoms. The molecular formula is C25H25ClN4O5S3. The smallest absolute Gasteiger partial charge is 0.341 e. The number of carbonyl (C=O) groups is 2. The third-order valence-corrected chi connectivity index (χ3v) is 10.1. The Hall–Kier alpha value is -2.80. The Balaban J connectivity index is 1.26. The van der Waals surface area contributed by atoms with Crippen LogP contribution in [0.15, 0.2) is 18.2 Å². The molecule has 1 N–H and O–H groups in total. The zero-order chi connectivity index (χ0) is 27.0. The summed E-state index contributed by atoms with van der Waals surface area (Å²) in [6.07, 6.45) is 5.12. The minimum Gasteiger partial charge on any atom is -0.465 e. The number of anilines is 1. The number of nitrogens with one attached hydrogen (secondary N) is 1. The molecule has 0 atom stereocenters. The van der Waals surface area contributed by atoms with E-state index in [9.17, 15) is 19.7 Å². The number of rotatable bonds is 4. The number of halogens is 1. The number of ether oxygens (including phenoxy) is 1. The van der Waals surface area contributed by atoms with Crippen LogP contribution in [0.25, 0.3) is 10.1 Å². The lowest BCUT2D eigenvalue weighted by Gasteiger charge is -2.36. The first kappa shape index (κ1) is 26.8. The van der Waals surface area contributed by atoms with E-state index in [1.807, 2.05) is 4.90 Å². The molecule has 1 amide bonds. The molecule has 0 spiro atoms. The fourth-order valence-electron chi connectivity index (χ4n) is 4.89. The lowest BCUT2D eigenvalue weighted by atomic mass is 10.1. The van der Waals surface area contributed by atoms with Crippen LogP contribution in [-0.4, -0.2) is 65.0 Å².